The average molecular weight is 399 g/mol. The summed E-state index contributed by atoms with van der Waals surface area (Å²) in [5.41, 5.74) is 0. The molecule has 2 N–H and O–H groups in total. The minimum Gasteiger partial charge on any atom is -0.412 e. The Morgan fingerprint density at radius 1 is 0.258 bits per heavy atom. The fraction of sp³-hybridized carbons (Fsp3) is 0. The molecule has 148 valence electrons. The lowest BCUT2D eigenvalue weighted by atomic mass is 9.95. The first-order chi connectivity index (χ1) is 14.9. The zero-order valence-corrected chi connectivity index (χ0v) is 17.0. The van der Waals surface area contributed by atoms with E-state index in [9.17, 15) is 0 Å². The third kappa shape index (κ3) is 3.26. The van der Waals surface area contributed by atoms with Crippen molar-refractivity contribution in [1.82, 2.24) is 0 Å². The molecule has 7 aromatic rings. The lowest BCUT2D eigenvalue weighted by molar-refractivity contribution is 0.824. The molecule has 7 aromatic carbocycles. The van der Waals surface area contributed by atoms with Crippen molar-refractivity contribution in [2.75, 3.05) is 0 Å². The third-order valence-electron chi connectivity index (χ3n) is 6.01. The van der Waals surface area contributed by atoms with Gasteiger partial charge in [-0.1, -0.05) is 109 Å². The van der Waals surface area contributed by atoms with Gasteiger partial charge < -0.3 is 5.48 Å². The van der Waals surface area contributed by atoms with E-state index in [1.54, 1.807) is 0 Å². The van der Waals surface area contributed by atoms with Gasteiger partial charge in [0, 0.05) is 0 Å². The van der Waals surface area contributed by atoms with E-state index >= 15 is 0 Å². The van der Waals surface area contributed by atoms with E-state index in [0.29, 0.717) is 0 Å². The van der Waals surface area contributed by atoms with E-state index in [-0.39, 0.29) is 5.48 Å². The zero-order chi connectivity index (χ0) is 19.9. The van der Waals surface area contributed by atoms with Crippen LogP contribution in [0.25, 0.3) is 53.9 Å². The highest BCUT2D eigenvalue weighted by Gasteiger charge is 2.06. The van der Waals surface area contributed by atoms with Crippen LogP contribution in [-0.2, 0) is 0 Å². The molecule has 0 radical (unpaired) electrons. The highest BCUT2D eigenvalue weighted by molar-refractivity contribution is 6.22. The first-order valence-electron chi connectivity index (χ1n) is 10.4. The largest absolute Gasteiger partial charge is 0.412 e. The van der Waals surface area contributed by atoms with Crippen LogP contribution in [0.5, 0.6) is 0 Å². The Balaban J connectivity index is 0.000000129. The summed E-state index contributed by atoms with van der Waals surface area (Å²) in [6.07, 6.45) is 0. The van der Waals surface area contributed by atoms with Crippen molar-refractivity contribution < 1.29 is 5.48 Å². The molecule has 0 saturated heterocycles. The lowest BCUT2D eigenvalue weighted by Gasteiger charge is -2.09. The van der Waals surface area contributed by atoms with Crippen LogP contribution < -0.4 is 0 Å². The van der Waals surface area contributed by atoms with Crippen LogP contribution in [0.2, 0.25) is 0 Å². The molecule has 0 atom stereocenters. The molecule has 0 fully saturated rings. The summed E-state index contributed by atoms with van der Waals surface area (Å²) in [6.45, 7) is 0. The molecule has 0 aliphatic carbocycles. The Morgan fingerprint density at radius 3 is 0.806 bits per heavy atom. The number of rotatable bonds is 0. The van der Waals surface area contributed by atoms with E-state index in [0.717, 1.165) is 0 Å². The summed E-state index contributed by atoms with van der Waals surface area (Å²) >= 11 is 0. The molecular formula is C30H22O. The summed E-state index contributed by atoms with van der Waals surface area (Å²) in [6, 6.07) is 43.3. The molecule has 0 saturated carbocycles. The van der Waals surface area contributed by atoms with Crippen LogP contribution in [0.1, 0.15) is 0 Å². The molecule has 0 heterocycles. The van der Waals surface area contributed by atoms with Crippen molar-refractivity contribution in [2.24, 2.45) is 0 Å². The van der Waals surface area contributed by atoms with Gasteiger partial charge in [-0.2, -0.15) is 0 Å². The Kier molecular flexibility index (Phi) is 4.74. The normalized spacial score (nSPS) is 11.0. The quantitative estimate of drug-likeness (QED) is 0.185. The van der Waals surface area contributed by atoms with Gasteiger partial charge in [0.2, 0.25) is 0 Å². The molecule has 0 amide bonds. The second-order valence-corrected chi connectivity index (χ2v) is 7.84. The van der Waals surface area contributed by atoms with Gasteiger partial charge in [-0.3, -0.25) is 0 Å². The Morgan fingerprint density at radius 2 is 0.516 bits per heavy atom. The van der Waals surface area contributed by atoms with Crippen molar-refractivity contribution in [3.05, 3.63) is 121 Å². The van der Waals surface area contributed by atoms with Gasteiger partial charge in [-0.05, 0) is 66.0 Å². The predicted molar refractivity (Wildman–Crippen MR) is 135 cm³/mol. The smallest absolute Gasteiger partial charge is 0.00268 e. The van der Waals surface area contributed by atoms with Crippen LogP contribution in [0, 0.1) is 0 Å². The monoisotopic (exact) mass is 398 g/mol. The summed E-state index contributed by atoms with van der Waals surface area (Å²) in [5, 5.41) is 13.4. The van der Waals surface area contributed by atoms with Crippen LogP contribution in [-0.4, -0.2) is 5.48 Å². The van der Waals surface area contributed by atoms with Gasteiger partial charge in [0.25, 0.3) is 0 Å². The van der Waals surface area contributed by atoms with Crippen molar-refractivity contribution in [2.45, 2.75) is 0 Å². The van der Waals surface area contributed by atoms with Gasteiger partial charge in [0.15, 0.2) is 0 Å². The van der Waals surface area contributed by atoms with Crippen LogP contribution in [0.15, 0.2) is 121 Å². The summed E-state index contributed by atoms with van der Waals surface area (Å²) in [7, 11) is 0. The lowest BCUT2D eigenvalue weighted by Crippen LogP contribution is -1.82. The molecule has 0 aromatic heterocycles. The van der Waals surface area contributed by atoms with Crippen molar-refractivity contribution in [1.29, 1.82) is 0 Å². The van der Waals surface area contributed by atoms with Gasteiger partial charge in [0.1, 0.15) is 0 Å². The second-order valence-electron chi connectivity index (χ2n) is 7.84. The SMILES string of the molecule is O.c1cc2ccc3cccc4ccc(c1)c2c34.c1ccc2cc3ccccc3cc2c1. The molecule has 0 bridgehead atoms. The summed E-state index contributed by atoms with van der Waals surface area (Å²) in [4.78, 5) is 0. The number of fused-ring (bicyclic) bond motifs is 2. The first kappa shape index (κ1) is 19.0. The topological polar surface area (TPSA) is 31.5 Å². The summed E-state index contributed by atoms with van der Waals surface area (Å²) in [5.74, 6) is 0. The molecule has 1 heteroatoms. The second kappa shape index (κ2) is 7.71. The maximum Gasteiger partial charge on any atom is -0.00268 e. The fourth-order valence-corrected chi connectivity index (χ4v) is 4.55. The molecule has 0 aliphatic heterocycles. The Bertz CT molecular complexity index is 1410. The predicted octanol–water partition coefficient (Wildman–Crippen LogP) is 7.75. The number of hydrogen-bond acceptors (Lipinski definition) is 0. The molecule has 0 aliphatic rings. The van der Waals surface area contributed by atoms with Gasteiger partial charge >= 0.3 is 0 Å². The first-order valence-corrected chi connectivity index (χ1v) is 10.4. The van der Waals surface area contributed by atoms with Gasteiger partial charge in [0.05, 0.1) is 0 Å². The van der Waals surface area contributed by atoms with Crippen LogP contribution in [0.4, 0.5) is 0 Å². The Labute approximate surface area is 180 Å². The summed E-state index contributed by atoms with van der Waals surface area (Å²) < 4.78 is 0. The van der Waals surface area contributed by atoms with Crippen molar-refractivity contribution >= 4 is 53.9 Å². The van der Waals surface area contributed by atoms with Crippen LogP contribution in [0.3, 0.4) is 0 Å². The van der Waals surface area contributed by atoms with Crippen LogP contribution >= 0.6 is 0 Å². The molecule has 0 spiro atoms. The van der Waals surface area contributed by atoms with Crippen molar-refractivity contribution in [3.63, 3.8) is 0 Å². The fourth-order valence-electron chi connectivity index (χ4n) is 4.55. The van der Waals surface area contributed by atoms with Gasteiger partial charge in [-0.15, -0.1) is 0 Å². The highest BCUT2D eigenvalue weighted by atomic mass is 16.0. The van der Waals surface area contributed by atoms with Gasteiger partial charge in [-0.25, -0.2) is 0 Å². The number of benzene rings is 7. The van der Waals surface area contributed by atoms with Crippen molar-refractivity contribution in [3.8, 4) is 0 Å². The highest BCUT2D eigenvalue weighted by Crippen LogP contribution is 2.33. The van der Waals surface area contributed by atoms with E-state index < -0.39 is 0 Å². The third-order valence-corrected chi connectivity index (χ3v) is 6.01. The minimum atomic E-state index is 0. The van der Waals surface area contributed by atoms with E-state index in [4.69, 9.17) is 0 Å². The van der Waals surface area contributed by atoms with E-state index in [1.807, 2.05) is 0 Å². The van der Waals surface area contributed by atoms with E-state index in [1.165, 1.54) is 53.9 Å². The molecule has 7 rings (SSSR count). The molecule has 0 unspecified atom stereocenters. The molecular weight excluding hydrogens is 376 g/mol. The average Bonchev–Trinajstić information content (AvgIpc) is 2.82. The Hall–Kier alpha value is -3.94. The molecule has 1 nitrogen and oxygen atoms in total. The standard InChI is InChI=1S/C16H10.C14H10.H2O/c1-3-11-7-9-13-5-2-6-14-10-8-12(4-1)15(11)16(13)14;1-2-6-12-10-14-8-4-3-7-13(14)9-11(12)5-1;/h1-10H;1-10H;1H2. The van der Waals surface area contributed by atoms with E-state index in [2.05, 4.69) is 121 Å². The molecule has 31 heavy (non-hydrogen) atoms. The maximum atomic E-state index is 2.24. The minimum absolute atomic E-state index is 0. The maximum absolute atomic E-state index is 2.24. The zero-order valence-electron chi connectivity index (χ0n) is 17.0. The number of hydrogen-bond donors (Lipinski definition) is 0.